The number of amides is 1. The number of aromatic nitrogens is 5. The SMILES string of the molecule is Nc1ncnc2c1cnn2-c1cccc(NC(=O)c2ccccn2)c1. The second kappa shape index (κ2) is 6.00. The molecule has 0 atom stereocenters. The Morgan fingerprint density at radius 3 is 2.84 bits per heavy atom. The normalized spacial score (nSPS) is 10.7. The fourth-order valence-corrected chi connectivity index (χ4v) is 2.46. The van der Waals surface area contributed by atoms with Crippen molar-refractivity contribution in [1.29, 1.82) is 0 Å². The maximum atomic E-state index is 12.2. The number of carbonyl (C=O) groups excluding carboxylic acids is 1. The van der Waals surface area contributed by atoms with Gasteiger partial charge in [0.05, 0.1) is 17.3 Å². The monoisotopic (exact) mass is 331 g/mol. The summed E-state index contributed by atoms with van der Waals surface area (Å²) in [5, 5.41) is 7.81. The van der Waals surface area contributed by atoms with Crippen molar-refractivity contribution in [3.63, 3.8) is 0 Å². The number of benzene rings is 1. The Kier molecular flexibility index (Phi) is 3.55. The Balaban J connectivity index is 1.67. The first kappa shape index (κ1) is 14.8. The highest BCUT2D eigenvalue weighted by molar-refractivity contribution is 6.03. The van der Waals surface area contributed by atoms with Gasteiger partial charge in [0.25, 0.3) is 5.91 Å². The molecule has 0 aliphatic rings. The molecule has 3 heterocycles. The summed E-state index contributed by atoms with van der Waals surface area (Å²) in [5.74, 6) is 0.0884. The van der Waals surface area contributed by atoms with Crippen LogP contribution in [0.5, 0.6) is 0 Å². The van der Waals surface area contributed by atoms with E-state index in [1.54, 1.807) is 47.4 Å². The minimum absolute atomic E-state index is 0.283. The minimum Gasteiger partial charge on any atom is -0.383 e. The van der Waals surface area contributed by atoms with Crippen LogP contribution in [0.3, 0.4) is 0 Å². The lowest BCUT2D eigenvalue weighted by Gasteiger charge is -2.08. The van der Waals surface area contributed by atoms with E-state index >= 15 is 0 Å². The number of carbonyl (C=O) groups is 1. The van der Waals surface area contributed by atoms with Gasteiger partial charge in [-0.2, -0.15) is 5.10 Å². The molecule has 0 aliphatic carbocycles. The van der Waals surface area contributed by atoms with Gasteiger partial charge in [0.2, 0.25) is 0 Å². The average molecular weight is 331 g/mol. The van der Waals surface area contributed by atoms with E-state index in [9.17, 15) is 4.79 Å². The van der Waals surface area contributed by atoms with Crippen molar-refractivity contribution < 1.29 is 4.79 Å². The molecule has 1 amide bonds. The molecule has 0 fully saturated rings. The highest BCUT2D eigenvalue weighted by Gasteiger charge is 2.11. The second-order valence-corrected chi connectivity index (χ2v) is 5.27. The molecule has 4 rings (SSSR count). The number of hydrogen-bond donors (Lipinski definition) is 2. The van der Waals surface area contributed by atoms with Crippen LogP contribution < -0.4 is 11.1 Å². The van der Waals surface area contributed by atoms with Gasteiger partial charge >= 0.3 is 0 Å². The van der Waals surface area contributed by atoms with E-state index in [0.717, 1.165) is 5.69 Å². The lowest BCUT2D eigenvalue weighted by Crippen LogP contribution is -2.13. The van der Waals surface area contributed by atoms with Crippen LogP contribution in [0.2, 0.25) is 0 Å². The number of anilines is 2. The van der Waals surface area contributed by atoms with Crippen LogP contribution in [0.4, 0.5) is 11.5 Å². The van der Waals surface area contributed by atoms with Crippen molar-refractivity contribution in [2.45, 2.75) is 0 Å². The van der Waals surface area contributed by atoms with E-state index in [1.807, 2.05) is 12.1 Å². The zero-order valence-corrected chi connectivity index (χ0v) is 13.0. The molecule has 0 unspecified atom stereocenters. The average Bonchev–Trinajstić information content (AvgIpc) is 3.08. The number of nitrogens with two attached hydrogens (primary N) is 1. The molecule has 25 heavy (non-hydrogen) atoms. The second-order valence-electron chi connectivity index (χ2n) is 5.27. The molecular formula is C17H13N7O. The van der Waals surface area contributed by atoms with Crippen LogP contribution in [-0.4, -0.2) is 30.6 Å². The van der Waals surface area contributed by atoms with Crippen molar-refractivity contribution in [2.75, 3.05) is 11.1 Å². The number of pyridine rings is 1. The third-order valence-corrected chi connectivity index (χ3v) is 3.64. The van der Waals surface area contributed by atoms with Gasteiger partial charge in [0, 0.05) is 11.9 Å². The summed E-state index contributed by atoms with van der Waals surface area (Å²) in [4.78, 5) is 24.5. The predicted octanol–water partition coefficient (Wildman–Crippen LogP) is 2.04. The summed E-state index contributed by atoms with van der Waals surface area (Å²) in [7, 11) is 0. The maximum absolute atomic E-state index is 12.2. The summed E-state index contributed by atoms with van der Waals surface area (Å²) >= 11 is 0. The number of fused-ring (bicyclic) bond motifs is 1. The number of nitrogens with one attached hydrogen (secondary N) is 1. The van der Waals surface area contributed by atoms with E-state index in [-0.39, 0.29) is 5.91 Å². The van der Waals surface area contributed by atoms with Crippen molar-refractivity contribution in [3.8, 4) is 5.69 Å². The lowest BCUT2D eigenvalue weighted by atomic mass is 10.2. The van der Waals surface area contributed by atoms with Gasteiger partial charge in [0.1, 0.15) is 17.8 Å². The molecule has 0 aliphatic heterocycles. The van der Waals surface area contributed by atoms with Crippen LogP contribution in [0.25, 0.3) is 16.7 Å². The predicted molar refractivity (Wildman–Crippen MR) is 93.3 cm³/mol. The molecule has 0 spiro atoms. The van der Waals surface area contributed by atoms with Gasteiger partial charge < -0.3 is 11.1 Å². The molecule has 3 N–H and O–H groups in total. The van der Waals surface area contributed by atoms with Gasteiger partial charge in [-0.25, -0.2) is 14.6 Å². The van der Waals surface area contributed by atoms with Crippen LogP contribution in [0.1, 0.15) is 10.5 Å². The Labute approximate surface area is 142 Å². The first-order valence-electron chi connectivity index (χ1n) is 7.49. The summed E-state index contributed by atoms with van der Waals surface area (Å²) in [6.45, 7) is 0. The molecule has 1 aromatic carbocycles. The number of nitrogen functional groups attached to an aromatic ring is 1. The van der Waals surface area contributed by atoms with Crippen LogP contribution >= 0.6 is 0 Å². The van der Waals surface area contributed by atoms with Gasteiger partial charge in [-0.15, -0.1) is 0 Å². The van der Waals surface area contributed by atoms with Crippen molar-refractivity contribution in [1.82, 2.24) is 24.7 Å². The standard InChI is InChI=1S/C17H13N7O/c18-15-13-9-22-24(16(13)21-10-20-15)12-5-3-4-11(8-12)23-17(25)14-6-1-2-7-19-14/h1-10H,(H,23,25)(H2,18,20,21). The largest absolute Gasteiger partial charge is 0.383 e. The fraction of sp³-hybridized carbons (Fsp3) is 0. The molecule has 4 aromatic rings. The van der Waals surface area contributed by atoms with Crippen LogP contribution in [0, 0.1) is 0 Å². The smallest absolute Gasteiger partial charge is 0.274 e. The Morgan fingerprint density at radius 1 is 1.08 bits per heavy atom. The van der Waals surface area contributed by atoms with E-state index in [2.05, 4.69) is 25.4 Å². The fourth-order valence-electron chi connectivity index (χ4n) is 2.46. The third kappa shape index (κ3) is 2.76. The molecule has 0 saturated heterocycles. The molecule has 8 nitrogen and oxygen atoms in total. The van der Waals surface area contributed by atoms with E-state index < -0.39 is 0 Å². The Bertz CT molecular complexity index is 1060. The molecule has 0 radical (unpaired) electrons. The van der Waals surface area contributed by atoms with Crippen molar-refractivity contribution in [2.24, 2.45) is 0 Å². The van der Waals surface area contributed by atoms with Crippen molar-refractivity contribution in [3.05, 3.63) is 66.9 Å². The topological polar surface area (TPSA) is 112 Å². The summed E-state index contributed by atoms with van der Waals surface area (Å²) in [6.07, 6.45) is 4.58. The zero-order chi connectivity index (χ0) is 17.2. The quantitative estimate of drug-likeness (QED) is 0.594. The summed E-state index contributed by atoms with van der Waals surface area (Å²) in [6, 6.07) is 12.4. The highest BCUT2D eigenvalue weighted by atomic mass is 16.1. The van der Waals surface area contributed by atoms with E-state index in [1.165, 1.54) is 6.33 Å². The first-order chi connectivity index (χ1) is 12.2. The maximum Gasteiger partial charge on any atom is 0.274 e. The highest BCUT2D eigenvalue weighted by Crippen LogP contribution is 2.21. The van der Waals surface area contributed by atoms with Gasteiger partial charge in [0.15, 0.2) is 5.65 Å². The lowest BCUT2D eigenvalue weighted by molar-refractivity contribution is 0.102. The number of hydrogen-bond acceptors (Lipinski definition) is 6. The molecular weight excluding hydrogens is 318 g/mol. The van der Waals surface area contributed by atoms with Gasteiger partial charge in [-0.3, -0.25) is 9.78 Å². The molecule has 3 aromatic heterocycles. The molecule has 122 valence electrons. The molecule has 8 heteroatoms. The Hall–Kier alpha value is -3.81. The third-order valence-electron chi connectivity index (χ3n) is 3.64. The number of nitrogens with zero attached hydrogens (tertiary/aromatic N) is 5. The van der Waals surface area contributed by atoms with E-state index in [0.29, 0.717) is 28.2 Å². The molecule has 0 saturated carbocycles. The first-order valence-corrected chi connectivity index (χ1v) is 7.49. The zero-order valence-electron chi connectivity index (χ0n) is 13.0. The Morgan fingerprint density at radius 2 is 2.00 bits per heavy atom. The van der Waals surface area contributed by atoms with Gasteiger partial charge in [-0.1, -0.05) is 12.1 Å². The van der Waals surface area contributed by atoms with Crippen LogP contribution in [-0.2, 0) is 0 Å². The molecule has 0 bridgehead atoms. The van der Waals surface area contributed by atoms with Gasteiger partial charge in [-0.05, 0) is 30.3 Å². The van der Waals surface area contributed by atoms with Crippen molar-refractivity contribution >= 4 is 28.4 Å². The number of rotatable bonds is 3. The summed E-state index contributed by atoms with van der Waals surface area (Å²) < 4.78 is 1.64. The minimum atomic E-state index is -0.283. The van der Waals surface area contributed by atoms with Crippen LogP contribution in [0.15, 0.2) is 61.2 Å². The van der Waals surface area contributed by atoms with E-state index in [4.69, 9.17) is 5.73 Å². The summed E-state index contributed by atoms with van der Waals surface area (Å²) in [5.41, 5.74) is 8.15.